The van der Waals surface area contributed by atoms with Crippen LogP contribution >= 0.6 is 0 Å². The van der Waals surface area contributed by atoms with Crippen LogP contribution in [0.2, 0.25) is 0 Å². The fraction of sp³-hybridized carbons (Fsp3) is 0.600. The summed E-state index contributed by atoms with van der Waals surface area (Å²) in [6.45, 7) is 5.36. The Bertz CT molecular complexity index is 349. The molecule has 1 atom stereocenters. The van der Waals surface area contributed by atoms with Gasteiger partial charge in [-0.1, -0.05) is 36.2 Å². The van der Waals surface area contributed by atoms with Crippen LogP contribution in [0.25, 0.3) is 0 Å². The molecule has 2 N–H and O–H groups in total. The highest BCUT2D eigenvalue weighted by molar-refractivity contribution is 5.22. The number of hydrogen-bond donors (Lipinski definition) is 1. The van der Waals surface area contributed by atoms with Crippen LogP contribution in [0.3, 0.4) is 0 Å². The molecule has 0 bridgehead atoms. The van der Waals surface area contributed by atoms with E-state index in [1.54, 1.807) is 0 Å². The van der Waals surface area contributed by atoms with Gasteiger partial charge in [-0.05, 0) is 38.3 Å². The van der Waals surface area contributed by atoms with Gasteiger partial charge in [-0.2, -0.15) is 0 Å². The van der Waals surface area contributed by atoms with Crippen molar-refractivity contribution >= 4 is 0 Å². The van der Waals surface area contributed by atoms with E-state index in [9.17, 15) is 0 Å². The molecule has 0 radical (unpaired) electrons. The molecular formula is C15H24N2. The van der Waals surface area contributed by atoms with Crippen LogP contribution in [0.5, 0.6) is 0 Å². The molecule has 0 amide bonds. The third-order valence-electron chi connectivity index (χ3n) is 3.79. The lowest BCUT2D eigenvalue weighted by molar-refractivity contribution is 0.155. The van der Waals surface area contributed by atoms with E-state index in [0.717, 1.165) is 19.5 Å². The van der Waals surface area contributed by atoms with Crippen molar-refractivity contribution in [2.45, 2.75) is 38.6 Å². The van der Waals surface area contributed by atoms with E-state index >= 15 is 0 Å². The average Bonchev–Trinajstić information content (AvgIpc) is 2.37. The maximum Gasteiger partial charge on any atom is 0.0218 e. The molecule has 0 aliphatic carbocycles. The lowest BCUT2D eigenvalue weighted by Gasteiger charge is -2.35. The Morgan fingerprint density at radius 1 is 1.35 bits per heavy atom. The molecule has 0 unspecified atom stereocenters. The molecule has 17 heavy (non-hydrogen) atoms. The zero-order valence-electron chi connectivity index (χ0n) is 10.9. The minimum absolute atomic E-state index is 0.619. The second-order valence-electron chi connectivity index (χ2n) is 5.16. The van der Waals surface area contributed by atoms with Gasteiger partial charge in [0.2, 0.25) is 0 Å². The van der Waals surface area contributed by atoms with Crippen LogP contribution in [0.1, 0.15) is 30.4 Å². The van der Waals surface area contributed by atoms with E-state index in [1.165, 1.54) is 36.9 Å². The fourth-order valence-electron chi connectivity index (χ4n) is 2.76. The Morgan fingerprint density at radius 2 is 2.24 bits per heavy atom. The van der Waals surface area contributed by atoms with Crippen molar-refractivity contribution in [3.05, 3.63) is 35.4 Å². The summed E-state index contributed by atoms with van der Waals surface area (Å²) in [5.41, 5.74) is 8.65. The Kier molecular flexibility index (Phi) is 4.57. The van der Waals surface area contributed by atoms with Gasteiger partial charge in [0.05, 0.1) is 0 Å². The van der Waals surface area contributed by atoms with Crippen molar-refractivity contribution in [1.29, 1.82) is 0 Å². The molecule has 2 rings (SSSR count). The molecule has 2 heteroatoms. The summed E-state index contributed by atoms with van der Waals surface area (Å²) < 4.78 is 0. The molecule has 94 valence electrons. The number of hydrogen-bond acceptors (Lipinski definition) is 2. The van der Waals surface area contributed by atoms with Gasteiger partial charge in [-0.15, -0.1) is 0 Å². The van der Waals surface area contributed by atoms with Crippen molar-refractivity contribution in [2.24, 2.45) is 5.73 Å². The summed E-state index contributed by atoms with van der Waals surface area (Å²) in [6.07, 6.45) is 5.12. The molecule has 1 aliphatic heterocycles. The summed E-state index contributed by atoms with van der Waals surface area (Å²) >= 11 is 0. The van der Waals surface area contributed by atoms with Gasteiger partial charge in [0.1, 0.15) is 0 Å². The minimum atomic E-state index is 0.619. The number of benzene rings is 1. The summed E-state index contributed by atoms with van der Waals surface area (Å²) in [4.78, 5) is 2.58. The third-order valence-corrected chi connectivity index (χ3v) is 3.79. The molecule has 0 saturated carbocycles. The zero-order valence-corrected chi connectivity index (χ0v) is 10.9. The predicted molar refractivity (Wildman–Crippen MR) is 73.1 cm³/mol. The number of rotatable bonds is 4. The van der Waals surface area contributed by atoms with Crippen LogP contribution in [0.4, 0.5) is 0 Å². The highest BCUT2D eigenvalue weighted by atomic mass is 15.2. The summed E-state index contributed by atoms with van der Waals surface area (Å²) in [5, 5.41) is 0. The zero-order chi connectivity index (χ0) is 12.1. The van der Waals surface area contributed by atoms with E-state index in [-0.39, 0.29) is 0 Å². The Hall–Kier alpha value is -0.860. The van der Waals surface area contributed by atoms with E-state index in [2.05, 4.69) is 36.1 Å². The van der Waals surface area contributed by atoms with Crippen molar-refractivity contribution in [3.63, 3.8) is 0 Å². The lowest BCUT2D eigenvalue weighted by atomic mass is 10.0. The van der Waals surface area contributed by atoms with Crippen molar-refractivity contribution in [3.8, 4) is 0 Å². The number of nitrogens with zero attached hydrogens (tertiary/aromatic N) is 1. The predicted octanol–water partition coefficient (Wildman–Crippen LogP) is 2.35. The van der Waals surface area contributed by atoms with Crippen LogP contribution in [0.15, 0.2) is 24.3 Å². The lowest BCUT2D eigenvalue weighted by Crippen LogP contribution is -2.44. The molecule has 1 saturated heterocycles. The summed E-state index contributed by atoms with van der Waals surface area (Å²) in [5.74, 6) is 0. The molecule has 0 aromatic heterocycles. The van der Waals surface area contributed by atoms with Crippen molar-refractivity contribution < 1.29 is 0 Å². The molecule has 1 aromatic rings. The topological polar surface area (TPSA) is 29.3 Å². The summed E-state index contributed by atoms with van der Waals surface area (Å²) in [6, 6.07) is 9.46. The van der Waals surface area contributed by atoms with Gasteiger partial charge in [0, 0.05) is 19.1 Å². The molecule has 1 heterocycles. The molecule has 1 fully saturated rings. The van der Waals surface area contributed by atoms with Gasteiger partial charge in [0.25, 0.3) is 0 Å². The second kappa shape index (κ2) is 6.18. The first-order chi connectivity index (χ1) is 8.29. The highest BCUT2D eigenvalue weighted by Gasteiger charge is 2.20. The van der Waals surface area contributed by atoms with Crippen molar-refractivity contribution in [2.75, 3.05) is 19.6 Å². The van der Waals surface area contributed by atoms with E-state index in [1.807, 2.05) is 0 Å². The van der Waals surface area contributed by atoms with E-state index < -0.39 is 0 Å². The van der Waals surface area contributed by atoms with E-state index in [4.69, 9.17) is 5.73 Å². The van der Waals surface area contributed by atoms with E-state index in [0.29, 0.717) is 6.04 Å². The standard InChI is InChI=1S/C15H24N2/c1-13-5-4-6-14(11-13)8-10-17-9-3-2-7-15(17)12-16/h4-6,11,15H,2-3,7-10,12,16H2,1H3/t15-/m1/s1. The molecule has 1 aliphatic rings. The van der Waals surface area contributed by atoms with Gasteiger partial charge in [-0.25, -0.2) is 0 Å². The van der Waals surface area contributed by atoms with Gasteiger partial charge >= 0.3 is 0 Å². The number of likely N-dealkylation sites (tertiary alicyclic amines) is 1. The fourth-order valence-corrected chi connectivity index (χ4v) is 2.76. The largest absolute Gasteiger partial charge is 0.329 e. The molecular weight excluding hydrogens is 208 g/mol. The monoisotopic (exact) mass is 232 g/mol. The number of piperidine rings is 1. The SMILES string of the molecule is Cc1cccc(CCN2CCCC[C@@H]2CN)c1. The first-order valence-electron chi connectivity index (χ1n) is 6.79. The first kappa shape index (κ1) is 12.6. The second-order valence-corrected chi connectivity index (χ2v) is 5.16. The van der Waals surface area contributed by atoms with Crippen LogP contribution in [0, 0.1) is 6.92 Å². The average molecular weight is 232 g/mol. The quantitative estimate of drug-likeness (QED) is 0.863. The van der Waals surface area contributed by atoms with Gasteiger partial charge in [0.15, 0.2) is 0 Å². The number of nitrogens with two attached hydrogens (primary N) is 1. The Morgan fingerprint density at radius 3 is 3.00 bits per heavy atom. The highest BCUT2D eigenvalue weighted by Crippen LogP contribution is 2.16. The Labute approximate surface area is 105 Å². The number of aryl methyl sites for hydroxylation is 1. The van der Waals surface area contributed by atoms with Crippen LogP contribution < -0.4 is 5.73 Å². The normalized spacial score (nSPS) is 21.6. The minimum Gasteiger partial charge on any atom is -0.329 e. The Balaban J connectivity index is 1.88. The van der Waals surface area contributed by atoms with Crippen molar-refractivity contribution in [1.82, 2.24) is 4.90 Å². The molecule has 0 spiro atoms. The van der Waals surface area contributed by atoms with Gasteiger partial charge in [-0.3, -0.25) is 4.90 Å². The smallest absolute Gasteiger partial charge is 0.0218 e. The first-order valence-corrected chi connectivity index (χ1v) is 6.79. The van der Waals surface area contributed by atoms with Crippen LogP contribution in [-0.4, -0.2) is 30.6 Å². The van der Waals surface area contributed by atoms with Crippen LogP contribution in [-0.2, 0) is 6.42 Å². The molecule has 2 nitrogen and oxygen atoms in total. The summed E-state index contributed by atoms with van der Waals surface area (Å²) in [7, 11) is 0. The van der Waals surface area contributed by atoms with Gasteiger partial charge < -0.3 is 5.73 Å². The third kappa shape index (κ3) is 3.55. The maximum atomic E-state index is 5.85. The molecule has 1 aromatic carbocycles. The maximum absolute atomic E-state index is 5.85.